The summed E-state index contributed by atoms with van der Waals surface area (Å²) in [6.45, 7) is 0.770. The van der Waals surface area contributed by atoms with E-state index in [1.165, 1.54) is 0 Å². The van der Waals surface area contributed by atoms with E-state index in [0.717, 1.165) is 31.4 Å². The second-order valence-corrected chi connectivity index (χ2v) is 5.12. The summed E-state index contributed by atoms with van der Waals surface area (Å²) in [6, 6.07) is 3.88. The second-order valence-electron chi connectivity index (χ2n) is 5.12. The van der Waals surface area contributed by atoms with Gasteiger partial charge in [-0.15, -0.1) is 0 Å². The van der Waals surface area contributed by atoms with Crippen LogP contribution in [-0.4, -0.2) is 40.6 Å². The van der Waals surface area contributed by atoms with E-state index in [2.05, 4.69) is 4.98 Å². The van der Waals surface area contributed by atoms with Crippen molar-refractivity contribution in [2.24, 2.45) is 5.92 Å². The van der Waals surface area contributed by atoms with Crippen molar-refractivity contribution in [3.8, 4) is 0 Å². The van der Waals surface area contributed by atoms with Crippen LogP contribution in [-0.2, 0) is 11.2 Å². The Morgan fingerprint density at radius 3 is 2.72 bits per heavy atom. The predicted octanol–water partition coefficient (Wildman–Crippen LogP) is 1.24. The van der Waals surface area contributed by atoms with Gasteiger partial charge in [0.15, 0.2) is 0 Å². The lowest BCUT2D eigenvalue weighted by atomic mass is 9.82. The highest BCUT2D eigenvalue weighted by Crippen LogP contribution is 2.27. The van der Waals surface area contributed by atoms with Gasteiger partial charge in [0.05, 0.1) is 6.10 Å². The van der Waals surface area contributed by atoms with Crippen LogP contribution in [0.4, 0.5) is 0 Å². The lowest BCUT2D eigenvalue weighted by molar-refractivity contribution is -0.131. The number of hydrogen-bond acceptors (Lipinski definition) is 3. The van der Waals surface area contributed by atoms with E-state index >= 15 is 0 Å². The SMILES string of the molecule is CN(CC1CC(O)C1)C(=O)CCc1ccncc1. The second kappa shape index (κ2) is 5.96. The van der Waals surface area contributed by atoms with Crippen LogP contribution < -0.4 is 0 Å². The summed E-state index contributed by atoms with van der Waals surface area (Å²) in [5.74, 6) is 0.656. The smallest absolute Gasteiger partial charge is 0.222 e. The first-order chi connectivity index (χ1) is 8.65. The largest absolute Gasteiger partial charge is 0.393 e. The van der Waals surface area contributed by atoms with Crippen LogP contribution in [0.1, 0.15) is 24.8 Å². The average Bonchev–Trinajstić information content (AvgIpc) is 2.35. The molecule has 0 spiro atoms. The highest BCUT2D eigenvalue weighted by atomic mass is 16.3. The molecule has 0 aliphatic heterocycles. The van der Waals surface area contributed by atoms with Crippen molar-refractivity contribution in [2.45, 2.75) is 31.8 Å². The molecule has 0 radical (unpaired) electrons. The molecular formula is C14H20N2O2. The monoisotopic (exact) mass is 248 g/mol. The van der Waals surface area contributed by atoms with Gasteiger partial charge in [0, 0.05) is 32.4 Å². The van der Waals surface area contributed by atoms with E-state index in [1.54, 1.807) is 17.3 Å². The number of aromatic nitrogens is 1. The number of amides is 1. The van der Waals surface area contributed by atoms with Crippen LogP contribution >= 0.6 is 0 Å². The molecule has 0 atom stereocenters. The number of carbonyl (C=O) groups excluding carboxylic acids is 1. The summed E-state index contributed by atoms with van der Waals surface area (Å²) < 4.78 is 0. The fourth-order valence-corrected chi connectivity index (χ4v) is 2.33. The Hall–Kier alpha value is -1.42. The summed E-state index contributed by atoms with van der Waals surface area (Å²) in [5, 5.41) is 9.21. The maximum atomic E-state index is 11.9. The van der Waals surface area contributed by atoms with Crippen molar-refractivity contribution >= 4 is 5.91 Å². The molecule has 0 unspecified atom stereocenters. The zero-order valence-electron chi connectivity index (χ0n) is 10.7. The van der Waals surface area contributed by atoms with E-state index in [4.69, 9.17) is 0 Å². The Balaban J connectivity index is 1.71. The normalized spacial score (nSPS) is 22.3. The molecule has 1 aromatic rings. The Morgan fingerprint density at radius 2 is 2.11 bits per heavy atom. The third kappa shape index (κ3) is 3.53. The maximum absolute atomic E-state index is 11.9. The highest BCUT2D eigenvalue weighted by molar-refractivity contribution is 5.76. The molecule has 4 heteroatoms. The van der Waals surface area contributed by atoms with E-state index in [1.807, 2.05) is 19.2 Å². The van der Waals surface area contributed by atoms with Crippen molar-refractivity contribution in [1.82, 2.24) is 9.88 Å². The van der Waals surface area contributed by atoms with Crippen LogP contribution in [0.15, 0.2) is 24.5 Å². The molecule has 4 nitrogen and oxygen atoms in total. The van der Waals surface area contributed by atoms with Crippen LogP contribution in [0.3, 0.4) is 0 Å². The fraction of sp³-hybridized carbons (Fsp3) is 0.571. The molecule has 0 bridgehead atoms. The number of rotatable bonds is 5. The van der Waals surface area contributed by atoms with Crippen molar-refractivity contribution in [3.63, 3.8) is 0 Å². The zero-order chi connectivity index (χ0) is 13.0. The van der Waals surface area contributed by atoms with Crippen LogP contribution in [0.2, 0.25) is 0 Å². The molecule has 0 aromatic carbocycles. The molecule has 1 N–H and O–H groups in total. The Morgan fingerprint density at radius 1 is 1.44 bits per heavy atom. The summed E-state index contributed by atoms with van der Waals surface area (Å²) in [7, 11) is 1.85. The summed E-state index contributed by atoms with van der Waals surface area (Å²) in [4.78, 5) is 17.7. The summed E-state index contributed by atoms with van der Waals surface area (Å²) in [6.07, 6.45) is 6.33. The topological polar surface area (TPSA) is 53.4 Å². The Kier molecular flexibility index (Phi) is 4.31. The number of aliphatic hydroxyl groups excluding tert-OH is 1. The third-order valence-electron chi connectivity index (χ3n) is 3.55. The van der Waals surface area contributed by atoms with Gasteiger partial charge < -0.3 is 10.0 Å². The molecule has 98 valence electrons. The number of hydrogen-bond donors (Lipinski definition) is 1. The zero-order valence-corrected chi connectivity index (χ0v) is 10.7. The minimum atomic E-state index is -0.143. The number of carbonyl (C=O) groups is 1. The molecule has 18 heavy (non-hydrogen) atoms. The van der Waals surface area contributed by atoms with Gasteiger partial charge in [-0.1, -0.05) is 0 Å². The Bertz CT molecular complexity index is 388. The quantitative estimate of drug-likeness (QED) is 0.853. The number of aryl methyl sites for hydroxylation is 1. The average molecular weight is 248 g/mol. The number of nitrogens with zero attached hydrogens (tertiary/aromatic N) is 2. The van der Waals surface area contributed by atoms with Crippen molar-refractivity contribution in [2.75, 3.05) is 13.6 Å². The van der Waals surface area contributed by atoms with Gasteiger partial charge >= 0.3 is 0 Å². The number of aliphatic hydroxyl groups is 1. The maximum Gasteiger partial charge on any atom is 0.222 e. The fourth-order valence-electron chi connectivity index (χ4n) is 2.33. The van der Waals surface area contributed by atoms with Gasteiger partial charge in [0.2, 0.25) is 5.91 Å². The summed E-state index contributed by atoms with van der Waals surface area (Å²) in [5.41, 5.74) is 1.14. The van der Waals surface area contributed by atoms with Gasteiger partial charge in [-0.05, 0) is 42.9 Å². The minimum absolute atomic E-state index is 0.143. The van der Waals surface area contributed by atoms with Gasteiger partial charge in [0.25, 0.3) is 0 Å². The molecule has 1 aliphatic carbocycles. The van der Waals surface area contributed by atoms with E-state index in [0.29, 0.717) is 12.3 Å². The molecule has 1 aromatic heterocycles. The van der Waals surface area contributed by atoms with E-state index in [9.17, 15) is 9.90 Å². The molecular weight excluding hydrogens is 228 g/mol. The van der Waals surface area contributed by atoms with Crippen LogP contribution in [0.25, 0.3) is 0 Å². The first-order valence-electron chi connectivity index (χ1n) is 6.46. The van der Waals surface area contributed by atoms with Gasteiger partial charge in [-0.25, -0.2) is 0 Å². The van der Waals surface area contributed by atoms with Crippen molar-refractivity contribution < 1.29 is 9.90 Å². The van der Waals surface area contributed by atoms with Crippen LogP contribution in [0, 0.1) is 5.92 Å². The molecule has 1 heterocycles. The van der Waals surface area contributed by atoms with Crippen molar-refractivity contribution in [1.29, 1.82) is 0 Å². The van der Waals surface area contributed by atoms with E-state index < -0.39 is 0 Å². The minimum Gasteiger partial charge on any atom is -0.393 e. The van der Waals surface area contributed by atoms with E-state index in [-0.39, 0.29) is 12.0 Å². The van der Waals surface area contributed by atoms with Crippen LogP contribution in [0.5, 0.6) is 0 Å². The first kappa shape index (κ1) is 13.0. The molecule has 1 fully saturated rings. The molecule has 1 amide bonds. The van der Waals surface area contributed by atoms with Gasteiger partial charge in [-0.2, -0.15) is 0 Å². The molecule has 1 aliphatic rings. The Labute approximate surface area is 108 Å². The molecule has 1 saturated carbocycles. The molecule has 2 rings (SSSR count). The number of pyridine rings is 1. The lowest BCUT2D eigenvalue weighted by Crippen LogP contribution is -2.39. The van der Waals surface area contributed by atoms with Gasteiger partial charge in [-0.3, -0.25) is 9.78 Å². The standard InChI is InChI=1S/C14H20N2O2/c1-16(10-12-8-13(17)9-12)14(18)3-2-11-4-6-15-7-5-11/h4-7,12-13,17H,2-3,8-10H2,1H3. The third-order valence-corrected chi connectivity index (χ3v) is 3.55. The van der Waals surface area contributed by atoms with Crippen molar-refractivity contribution in [3.05, 3.63) is 30.1 Å². The van der Waals surface area contributed by atoms with Gasteiger partial charge in [0.1, 0.15) is 0 Å². The lowest BCUT2D eigenvalue weighted by Gasteiger charge is -2.34. The first-order valence-corrected chi connectivity index (χ1v) is 6.46. The highest BCUT2D eigenvalue weighted by Gasteiger charge is 2.28. The summed E-state index contributed by atoms with van der Waals surface area (Å²) >= 11 is 0. The predicted molar refractivity (Wildman–Crippen MR) is 68.9 cm³/mol. The molecule has 0 saturated heterocycles.